The largest absolute Gasteiger partial charge is 0.484 e. The Morgan fingerprint density at radius 3 is 2.48 bits per heavy atom. The molecule has 5 nitrogen and oxygen atoms in total. The molecule has 1 amide bonds. The number of ketones is 1. The molecule has 2 atom stereocenters. The lowest BCUT2D eigenvalue weighted by Gasteiger charge is -2.20. The minimum Gasteiger partial charge on any atom is -0.484 e. The summed E-state index contributed by atoms with van der Waals surface area (Å²) in [4.78, 5) is 26.0. The number of ether oxygens (including phenoxy) is 1. The zero-order valence-corrected chi connectivity index (χ0v) is 15.7. The van der Waals surface area contributed by atoms with E-state index in [0.717, 1.165) is 6.54 Å². The van der Waals surface area contributed by atoms with E-state index in [1.165, 1.54) is 19.4 Å². The number of likely N-dealkylation sites (tertiary alicyclic amines) is 1. The lowest BCUT2D eigenvalue weighted by molar-refractivity contribution is -0.909. The summed E-state index contributed by atoms with van der Waals surface area (Å²) in [5.74, 6) is 0.442. The molecular formula is C22H27N2O3+. The fourth-order valence-electron chi connectivity index (χ4n) is 3.59. The van der Waals surface area contributed by atoms with Crippen molar-refractivity contribution in [2.24, 2.45) is 0 Å². The van der Waals surface area contributed by atoms with E-state index in [1.807, 2.05) is 18.2 Å². The Balaban J connectivity index is 1.46. The molecule has 3 rings (SSSR count). The fraction of sp³-hybridized carbons (Fsp3) is 0.364. The third-order valence-electron chi connectivity index (χ3n) is 5.15. The predicted molar refractivity (Wildman–Crippen MR) is 104 cm³/mol. The van der Waals surface area contributed by atoms with Crippen LogP contribution in [0.25, 0.3) is 0 Å². The van der Waals surface area contributed by atoms with Gasteiger partial charge in [0.2, 0.25) is 0 Å². The molecule has 1 aliphatic heterocycles. The van der Waals surface area contributed by atoms with Crippen molar-refractivity contribution in [2.75, 3.05) is 26.2 Å². The second kappa shape index (κ2) is 9.33. The quantitative estimate of drug-likeness (QED) is 0.695. The van der Waals surface area contributed by atoms with E-state index >= 15 is 0 Å². The summed E-state index contributed by atoms with van der Waals surface area (Å²) in [7, 11) is 0. The van der Waals surface area contributed by atoms with Crippen molar-refractivity contribution in [1.82, 2.24) is 5.32 Å². The smallest absolute Gasteiger partial charge is 0.258 e. The van der Waals surface area contributed by atoms with E-state index < -0.39 is 0 Å². The molecule has 0 radical (unpaired) electrons. The van der Waals surface area contributed by atoms with Gasteiger partial charge in [0.25, 0.3) is 5.91 Å². The van der Waals surface area contributed by atoms with E-state index in [9.17, 15) is 9.59 Å². The number of quaternary nitrogens is 1. The zero-order valence-electron chi connectivity index (χ0n) is 15.7. The van der Waals surface area contributed by atoms with Gasteiger partial charge in [-0.15, -0.1) is 0 Å². The molecule has 0 aliphatic carbocycles. The van der Waals surface area contributed by atoms with E-state index in [-0.39, 0.29) is 18.3 Å². The van der Waals surface area contributed by atoms with Crippen molar-refractivity contribution in [3.05, 3.63) is 65.7 Å². The molecule has 0 saturated carbocycles. The number of likely N-dealkylation sites (N-methyl/N-ethyl adjacent to an activating group) is 1. The average Bonchev–Trinajstić information content (AvgIpc) is 3.19. The highest BCUT2D eigenvalue weighted by Crippen LogP contribution is 2.15. The zero-order chi connectivity index (χ0) is 19.1. The lowest BCUT2D eigenvalue weighted by atomic mass is 10.0. The molecule has 5 heteroatoms. The van der Waals surface area contributed by atoms with Crippen LogP contribution >= 0.6 is 0 Å². The minimum atomic E-state index is -0.109. The summed E-state index contributed by atoms with van der Waals surface area (Å²) >= 11 is 0. The van der Waals surface area contributed by atoms with Gasteiger partial charge in [-0.05, 0) is 31.2 Å². The monoisotopic (exact) mass is 367 g/mol. The number of carbonyl (C=O) groups is 2. The molecule has 2 aromatic rings. The highest BCUT2D eigenvalue weighted by Gasteiger charge is 2.27. The number of benzene rings is 2. The molecule has 0 spiro atoms. The molecule has 1 heterocycles. The SMILES string of the molecule is CC[NH+]1CCC[C@@H]1CNC(=O)COc1ccc(C(=O)c2ccccc2)cc1. The van der Waals surface area contributed by atoms with Crippen LogP contribution in [0.15, 0.2) is 54.6 Å². The van der Waals surface area contributed by atoms with Crippen LogP contribution < -0.4 is 15.0 Å². The van der Waals surface area contributed by atoms with Gasteiger partial charge < -0.3 is 15.0 Å². The topological polar surface area (TPSA) is 59.8 Å². The lowest BCUT2D eigenvalue weighted by Crippen LogP contribution is -3.14. The molecule has 1 aliphatic rings. The summed E-state index contributed by atoms with van der Waals surface area (Å²) in [6.45, 7) is 5.17. The molecule has 142 valence electrons. The Morgan fingerprint density at radius 2 is 1.78 bits per heavy atom. The van der Waals surface area contributed by atoms with Gasteiger partial charge in [0.1, 0.15) is 11.8 Å². The van der Waals surface area contributed by atoms with E-state index in [4.69, 9.17) is 4.74 Å². The van der Waals surface area contributed by atoms with Crippen molar-refractivity contribution in [3.8, 4) is 5.75 Å². The fourth-order valence-corrected chi connectivity index (χ4v) is 3.59. The highest BCUT2D eigenvalue weighted by atomic mass is 16.5. The first kappa shape index (κ1) is 19.1. The van der Waals surface area contributed by atoms with Crippen molar-refractivity contribution < 1.29 is 19.2 Å². The molecule has 0 bridgehead atoms. The summed E-state index contributed by atoms with van der Waals surface area (Å²) in [5.41, 5.74) is 1.25. The third-order valence-corrected chi connectivity index (χ3v) is 5.15. The minimum absolute atomic E-state index is 0.0137. The summed E-state index contributed by atoms with van der Waals surface area (Å²) in [6, 6.07) is 16.6. The van der Waals surface area contributed by atoms with E-state index in [2.05, 4.69) is 12.2 Å². The Bertz CT molecular complexity index is 759. The Hall–Kier alpha value is -2.66. The van der Waals surface area contributed by atoms with Crippen molar-refractivity contribution >= 4 is 11.7 Å². The van der Waals surface area contributed by atoms with Crippen LogP contribution in [0, 0.1) is 0 Å². The van der Waals surface area contributed by atoms with Crippen LogP contribution in [-0.2, 0) is 4.79 Å². The molecule has 1 fully saturated rings. The van der Waals surface area contributed by atoms with Crippen LogP contribution in [0.4, 0.5) is 0 Å². The van der Waals surface area contributed by atoms with Gasteiger partial charge in [0.15, 0.2) is 12.4 Å². The Morgan fingerprint density at radius 1 is 1.07 bits per heavy atom. The van der Waals surface area contributed by atoms with Gasteiger partial charge in [0, 0.05) is 24.0 Å². The van der Waals surface area contributed by atoms with Gasteiger partial charge in [0.05, 0.1) is 19.6 Å². The maximum atomic E-state index is 12.4. The van der Waals surface area contributed by atoms with Crippen molar-refractivity contribution in [1.29, 1.82) is 0 Å². The molecule has 1 unspecified atom stereocenters. The van der Waals surface area contributed by atoms with Gasteiger partial charge >= 0.3 is 0 Å². The molecular weight excluding hydrogens is 340 g/mol. The third kappa shape index (κ3) is 5.17. The Labute approximate surface area is 160 Å². The summed E-state index contributed by atoms with van der Waals surface area (Å²) < 4.78 is 5.55. The first-order valence-electron chi connectivity index (χ1n) is 9.61. The molecule has 27 heavy (non-hydrogen) atoms. The second-order valence-electron chi connectivity index (χ2n) is 6.91. The van der Waals surface area contributed by atoms with Crippen molar-refractivity contribution in [3.63, 3.8) is 0 Å². The van der Waals surface area contributed by atoms with Crippen LogP contribution in [0.5, 0.6) is 5.75 Å². The van der Waals surface area contributed by atoms with E-state index in [0.29, 0.717) is 29.5 Å². The number of rotatable bonds is 8. The van der Waals surface area contributed by atoms with Crippen molar-refractivity contribution in [2.45, 2.75) is 25.8 Å². The molecule has 2 aromatic carbocycles. The maximum absolute atomic E-state index is 12.4. The molecule has 0 aromatic heterocycles. The average molecular weight is 367 g/mol. The summed E-state index contributed by atoms with van der Waals surface area (Å²) in [6.07, 6.45) is 2.40. The van der Waals surface area contributed by atoms with Crippen LogP contribution in [0.3, 0.4) is 0 Å². The number of nitrogens with one attached hydrogen (secondary N) is 2. The number of hydrogen-bond donors (Lipinski definition) is 2. The van der Waals surface area contributed by atoms with Gasteiger partial charge in [-0.25, -0.2) is 0 Å². The second-order valence-corrected chi connectivity index (χ2v) is 6.91. The first-order valence-corrected chi connectivity index (χ1v) is 9.61. The normalized spacial score (nSPS) is 18.9. The maximum Gasteiger partial charge on any atom is 0.258 e. The van der Waals surface area contributed by atoms with Crippen LogP contribution in [0.1, 0.15) is 35.7 Å². The summed E-state index contributed by atoms with van der Waals surface area (Å²) in [5, 5.41) is 2.97. The van der Waals surface area contributed by atoms with Crippen LogP contribution in [0.2, 0.25) is 0 Å². The van der Waals surface area contributed by atoms with Crippen LogP contribution in [-0.4, -0.2) is 44.0 Å². The first-order chi connectivity index (χ1) is 13.2. The number of carbonyl (C=O) groups excluding carboxylic acids is 2. The standard InChI is InChI=1S/C22H26N2O3/c1-2-24-14-6-9-19(24)15-23-21(25)16-27-20-12-10-18(11-13-20)22(26)17-7-4-3-5-8-17/h3-5,7-8,10-13,19H,2,6,9,14-16H2,1H3,(H,23,25)/p+1/t19-/m1/s1. The molecule has 1 saturated heterocycles. The predicted octanol–water partition coefficient (Wildman–Crippen LogP) is 1.48. The highest BCUT2D eigenvalue weighted by molar-refractivity contribution is 6.08. The van der Waals surface area contributed by atoms with Gasteiger partial charge in [-0.3, -0.25) is 9.59 Å². The molecule has 2 N–H and O–H groups in total. The number of hydrogen-bond acceptors (Lipinski definition) is 3. The van der Waals surface area contributed by atoms with Gasteiger partial charge in [-0.2, -0.15) is 0 Å². The number of amides is 1. The Kier molecular flexibility index (Phi) is 6.60. The van der Waals surface area contributed by atoms with E-state index in [1.54, 1.807) is 41.3 Å². The van der Waals surface area contributed by atoms with Gasteiger partial charge in [-0.1, -0.05) is 30.3 Å².